The van der Waals surface area contributed by atoms with Crippen molar-refractivity contribution >= 4 is 11.8 Å². The Labute approximate surface area is 111 Å². The van der Waals surface area contributed by atoms with Crippen LogP contribution in [0.1, 0.15) is 22.9 Å². The molecule has 1 aromatic heterocycles. The highest BCUT2D eigenvalue weighted by Gasteiger charge is 2.32. The van der Waals surface area contributed by atoms with Crippen molar-refractivity contribution in [2.45, 2.75) is 29.9 Å². The second kappa shape index (κ2) is 4.78. The number of hydrogen-bond donors (Lipinski definition) is 1. The highest BCUT2D eigenvalue weighted by molar-refractivity contribution is 7.99. The Morgan fingerprint density at radius 2 is 2.22 bits per heavy atom. The summed E-state index contributed by atoms with van der Waals surface area (Å²) in [6.45, 7) is 1.95. The number of nitrogens with one attached hydrogen (secondary N) is 1. The van der Waals surface area contributed by atoms with Gasteiger partial charge in [0.25, 0.3) is 5.22 Å². The third kappa shape index (κ3) is 2.06. The van der Waals surface area contributed by atoms with Crippen molar-refractivity contribution in [2.24, 2.45) is 0 Å². The normalized spacial score (nSPS) is 22.1. The summed E-state index contributed by atoms with van der Waals surface area (Å²) in [5.74, 6) is 0. The van der Waals surface area contributed by atoms with Gasteiger partial charge in [-0.2, -0.15) is 0 Å². The molecule has 2 atom stereocenters. The van der Waals surface area contributed by atoms with Gasteiger partial charge in [0.05, 0.1) is 5.69 Å². The first-order valence-electron chi connectivity index (χ1n) is 6.12. The number of fused-ring (bicyclic) bond motifs is 1. The lowest BCUT2D eigenvalue weighted by molar-refractivity contribution is 0.451. The third-order valence-electron chi connectivity index (χ3n) is 3.34. The van der Waals surface area contributed by atoms with E-state index in [0.29, 0.717) is 11.3 Å². The van der Waals surface area contributed by atoms with Crippen LogP contribution >= 0.6 is 11.8 Å². The Morgan fingerprint density at radius 1 is 1.39 bits per heavy atom. The Hall–Kier alpha value is -1.26. The van der Waals surface area contributed by atoms with Crippen molar-refractivity contribution < 1.29 is 4.42 Å². The van der Waals surface area contributed by atoms with Gasteiger partial charge in [-0.05, 0) is 31.5 Å². The molecule has 1 aliphatic rings. The third-order valence-corrected chi connectivity index (χ3v) is 4.47. The maximum atomic E-state index is 5.44. The van der Waals surface area contributed by atoms with E-state index >= 15 is 0 Å². The van der Waals surface area contributed by atoms with Gasteiger partial charge in [-0.15, -0.1) is 0 Å². The van der Waals surface area contributed by atoms with Crippen LogP contribution in [0.2, 0.25) is 0 Å². The van der Waals surface area contributed by atoms with Gasteiger partial charge < -0.3 is 9.73 Å². The van der Waals surface area contributed by atoms with Crippen LogP contribution in [-0.4, -0.2) is 17.3 Å². The summed E-state index contributed by atoms with van der Waals surface area (Å²) in [5, 5.41) is 4.63. The molecule has 0 bridgehead atoms. The molecule has 1 heterocycles. The summed E-state index contributed by atoms with van der Waals surface area (Å²) in [6, 6.07) is 9.00. The highest BCUT2D eigenvalue weighted by atomic mass is 32.2. The number of oxazole rings is 1. The number of aryl methyl sites for hydroxylation is 1. The van der Waals surface area contributed by atoms with Crippen molar-refractivity contribution in [1.29, 1.82) is 0 Å². The summed E-state index contributed by atoms with van der Waals surface area (Å²) >= 11 is 1.72. The van der Waals surface area contributed by atoms with Gasteiger partial charge in [0.2, 0.25) is 0 Å². The monoisotopic (exact) mass is 260 g/mol. The van der Waals surface area contributed by atoms with E-state index in [1.54, 1.807) is 18.0 Å². The van der Waals surface area contributed by atoms with E-state index in [9.17, 15) is 0 Å². The summed E-state index contributed by atoms with van der Waals surface area (Å²) in [5.41, 5.74) is 3.77. The highest BCUT2D eigenvalue weighted by Crippen LogP contribution is 2.40. The molecule has 94 valence electrons. The minimum atomic E-state index is 0.374. The number of aromatic nitrogens is 1. The molecule has 0 radical (unpaired) electrons. The van der Waals surface area contributed by atoms with Gasteiger partial charge >= 0.3 is 0 Å². The second-order valence-corrected chi connectivity index (χ2v) is 5.77. The molecule has 18 heavy (non-hydrogen) atoms. The van der Waals surface area contributed by atoms with E-state index in [-0.39, 0.29) is 0 Å². The average Bonchev–Trinajstić information content (AvgIpc) is 2.92. The van der Waals surface area contributed by atoms with Gasteiger partial charge in [0.15, 0.2) is 0 Å². The lowest BCUT2D eigenvalue weighted by atomic mass is 10.1. The number of benzene rings is 1. The van der Waals surface area contributed by atoms with E-state index in [1.807, 2.05) is 14.0 Å². The van der Waals surface area contributed by atoms with Crippen molar-refractivity contribution in [2.75, 3.05) is 7.05 Å². The molecule has 1 N–H and O–H groups in total. The lowest BCUT2D eigenvalue weighted by Gasteiger charge is -2.17. The zero-order valence-corrected chi connectivity index (χ0v) is 11.3. The van der Waals surface area contributed by atoms with Crippen molar-refractivity contribution in [3.8, 4) is 0 Å². The minimum Gasteiger partial charge on any atom is -0.440 e. The van der Waals surface area contributed by atoms with Crippen LogP contribution in [0.15, 0.2) is 40.2 Å². The Bertz CT molecular complexity index is 552. The first kappa shape index (κ1) is 11.8. The summed E-state index contributed by atoms with van der Waals surface area (Å²) in [7, 11) is 2.02. The molecule has 2 unspecified atom stereocenters. The van der Waals surface area contributed by atoms with Gasteiger partial charge in [-0.1, -0.05) is 36.0 Å². The lowest BCUT2D eigenvalue weighted by Crippen LogP contribution is -2.23. The first-order valence-corrected chi connectivity index (χ1v) is 7.00. The van der Waals surface area contributed by atoms with Crippen molar-refractivity contribution in [3.63, 3.8) is 0 Å². The molecule has 0 fully saturated rings. The number of rotatable bonds is 3. The van der Waals surface area contributed by atoms with Gasteiger partial charge in [-0.25, -0.2) is 4.98 Å². The number of nitrogens with zero attached hydrogens (tertiary/aromatic N) is 1. The Morgan fingerprint density at radius 3 is 2.94 bits per heavy atom. The minimum absolute atomic E-state index is 0.374. The van der Waals surface area contributed by atoms with E-state index in [0.717, 1.165) is 17.3 Å². The summed E-state index contributed by atoms with van der Waals surface area (Å²) in [4.78, 5) is 4.37. The largest absolute Gasteiger partial charge is 0.440 e. The first-order chi connectivity index (χ1) is 8.78. The molecule has 0 saturated carbocycles. The predicted molar refractivity (Wildman–Crippen MR) is 72.8 cm³/mol. The van der Waals surface area contributed by atoms with Crippen LogP contribution in [0.4, 0.5) is 0 Å². The smallest absolute Gasteiger partial charge is 0.256 e. The topological polar surface area (TPSA) is 38.1 Å². The fraction of sp³-hybridized carbons (Fsp3) is 0.357. The van der Waals surface area contributed by atoms with E-state index in [2.05, 4.69) is 34.6 Å². The molecule has 1 aliphatic carbocycles. The van der Waals surface area contributed by atoms with Gasteiger partial charge in [0, 0.05) is 11.3 Å². The molecule has 0 aliphatic heterocycles. The molecule has 4 heteroatoms. The molecule has 1 aromatic carbocycles. The van der Waals surface area contributed by atoms with E-state index in [4.69, 9.17) is 4.42 Å². The Balaban J connectivity index is 1.83. The quantitative estimate of drug-likeness (QED) is 0.920. The summed E-state index contributed by atoms with van der Waals surface area (Å²) in [6.07, 6.45) is 2.77. The van der Waals surface area contributed by atoms with Crippen LogP contribution in [-0.2, 0) is 6.42 Å². The molecule has 3 nitrogen and oxygen atoms in total. The standard InChI is InChI=1S/C14H16N2OS/c1-9-8-17-14(16-9)18-12-7-10-5-3-4-6-11(10)13(12)15-2/h3-6,8,12-13,15H,7H2,1-2H3. The molecule has 0 spiro atoms. The molecule has 3 rings (SSSR count). The second-order valence-electron chi connectivity index (χ2n) is 4.58. The van der Waals surface area contributed by atoms with E-state index < -0.39 is 0 Å². The number of thioether (sulfide) groups is 1. The van der Waals surface area contributed by atoms with Crippen molar-refractivity contribution in [3.05, 3.63) is 47.3 Å². The molecular formula is C14H16N2OS. The SMILES string of the molecule is CNC1c2ccccc2CC1Sc1nc(C)co1. The van der Waals surface area contributed by atoms with Crippen LogP contribution in [0.3, 0.4) is 0 Å². The molecule has 0 amide bonds. The zero-order valence-electron chi connectivity index (χ0n) is 10.5. The van der Waals surface area contributed by atoms with Gasteiger partial charge in [-0.3, -0.25) is 0 Å². The predicted octanol–water partition coefficient (Wildman–Crippen LogP) is 2.96. The fourth-order valence-electron chi connectivity index (χ4n) is 2.53. The maximum absolute atomic E-state index is 5.44. The molecular weight excluding hydrogens is 244 g/mol. The Kier molecular flexibility index (Phi) is 3.14. The molecule has 0 saturated heterocycles. The van der Waals surface area contributed by atoms with Crippen LogP contribution in [0, 0.1) is 6.92 Å². The zero-order chi connectivity index (χ0) is 12.5. The van der Waals surface area contributed by atoms with Crippen molar-refractivity contribution in [1.82, 2.24) is 10.3 Å². The maximum Gasteiger partial charge on any atom is 0.256 e. The summed E-state index contributed by atoms with van der Waals surface area (Å²) < 4.78 is 5.44. The average molecular weight is 260 g/mol. The van der Waals surface area contributed by atoms with E-state index in [1.165, 1.54) is 11.1 Å². The van der Waals surface area contributed by atoms with Crippen LogP contribution < -0.4 is 5.32 Å². The molecule has 2 aromatic rings. The van der Waals surface area contributed by atoms with Crippen LogP contribution in [0.5, 0.6) is 0 Å². The van der Waals surface area contributed by atoms with Gasteiger partial charge in [0.1, 0.15) is 6.26 Å². The van der Waals surface area contributed by atoms with Crippen LogP contribution in [0.25, 0.3) is 0 Å². The number of hydrogen-bond acceptors (Lipinski definition) is 4. The fourth-order valence-corrected chi connectivity index (χ4v) is 3.77.